The number of benzene rings is 1. The van der Waals surface area contributed by atoms with Crippen LogP contribution in [0.5, 0.6) is 0 Å². The van der Waals surface area contributed by atoms with Crippen LogP contribution in [0.1, 0.15) is 37.2 Å². The molecule has 1 N–H and O–H groups in total. The molecule has 0 heterocycles. The Morgan fingerprint density at radius 2 is 1.88 bits per heavy atom. The smallest absolute Gasteiger partial charge is 0.129 e. The van der Waals surface area contributed by atoms with E-state index in [2.05, 4.69) is 5.32 Å². The minimum atomic E-state index is -0.401. The predicted molar refractivity (Wildman–Crippen MR) is 60.4 cm³/mol. The number of hydrogen-bond acceptors (Lipinski definition) is 1. The van der Waals surface area contributed by atoms with Crippen molar-refractivity contribution in [3.05, 3.63) is 35.4 Å². The van der Waals surface area contributed by atoms with Gasteiger partial charge in [-0.3, -0.25) is 0 Å². The Morgan fingerprint density at radius 3 is 2.50 bits per heavy atom. The molecule has 0 aliphatic heterocycles. The molecule has 3 heteroatoms. The van der Waals surface area contributed by atoms with Crippen LogP contribution >= 0.6 is 0 Å². The fourth-order valence-corrected chi connectivity index (χ4v) is 2.61. The van der Waals surface area contributed by atoms with Gasteiger partial charge in [0.1, 0.15) is 11.6 Å². The number of hydrogen-bond donors (Lipinski definition) is 1. The summed E-state index contributed by atoms with van der Waals surface area (Å²) < 4.78 is 27.2. The minimum Gasteiger partial charge on any atom is -0.317 e. The highest BCUT2D eigenvalue weighted by molar-refractivity contribution is 5.24. The average Bonchev–Trinajstić information content (AvgIpc) is 2.29. The molecule has 2 atom stereocenters. The van der Waals surface area contributed by atoms with Crippen LogP contribution in [0.4, 0.5) is 8.78 Å². The lowest BCUT2D eigenvalue weighted by atomic mass is 9.81. The first-order valence-electron chi connectivity index (χ1n) is 5.83. The Morgan fingerprint density at radius 1 is 1.19 bits per heavy atom. The van der Waals surface area contributed by atoms with Gasteiger partial charge in [-0.15, -0.1) is 0 Å². The molecule has 1 aromatic rings. The van der Waals surface area contributed by atoms with Crippen LogP contribution in [-0.4, -0.2) is 13.1 Å². The van der Waals surface area contributed by atoms with Gasteiger partial charge in [-0.2, -0.15) is 0 Å². The van der Waals surface area contributed by atoms with Crippen molar-refractivity contribution in [2.45, 2.75) is 37.6 Å². The maximum atomic E-state index is 13.6. The molecule has 0 spiro atoms. The van der Waals surface area contributed by atoms with Crippen molar-refractivity contribution < 1.29 is 8.78 Å². The van der Waals surface area contributed by atoms with Crippen molar-refractivity contribution in [1.29, 1.82) is 0 Å². The zero-order chi connectivity index (χ0) is 11.5. The lowest BCUT2D eigenvalue weighted by Crippen LogP contribution is -2.31. The van der Waals surface area contributed by atoms with E-state index in [9.17, 15) is 8.78 Å². The van der Waals surface area contributed by atoms with E-state index >= 15 is 0 Å². The molecule has 1 fully saturated rings. The average molecular weight is 225 g/mol. The van der Waals surface area contributed by atoms with Crippen LogP contribution in [0.15, 0.2) is 18.2 Å². The van der Waals surface area contributed by atoms with Crippen LogP contribution in [-0.2, 0) is 0 Å². The largest absolute Gasteiger partial charge is 0.317 e. The third kappa shape index (κ3) is 2.24. The van der Waals surface area contributed by atoms with Gasteiger partial charge in [0.25, 0.3) is 0 Å². The molecule has 2 unspecified atom stereocenters. The second-order valence-corrected chi connectivity index (χ2v) is 4.48. The molecule has 1 aliphatic carbocycles. The lowest BCUT2D eigenvalue weighted by molar-refractivity contribution is 0.342. The van der Waals surface area contributed by atoms with Gasteiger partial charge in [-0.25, -0.2) is 8.78 Å². The molecule has 0 radical (unpaired) electrons. The Balaban J connectivity index is 2.23. The van der Waals surface area contributed by atoms with E-state index in [4.69, 9.17) is 0 Å². The highest BCUT2D eigenvalue weighted by atomic mass is 19.1. The van der Waals surface area contributed by atoms with Gasteiger partial charge in [0.15, 0.2) is 0 Å². The lowest BCUT2D eigenvalue weighted by Gasteiger charge is -2.29. The summed E-state index contributed by atoms with van der Waals surface area (Å²) in [6, 6.07) is 4.51. The van der Waals surface area contributed by atoms with Crippen LogP contribution in [0.2, 0.25) is 0 Å². The first-order valence-corrected chi connectivity index (χ1v) is 5.83. The molecule has 0 saturated heterocycles. The molecule has 88 valence electrons. The molecular weight excluding hydrogens is 208 g/mol. The summed E-state index contributed by atoms with van der Waals surface area (Å²) in [5.41, 5.74) is 0.280. The van der Waals surface area contributed by atoms with Crippen molar-refractivity contribution >= 4 is 0 Å². The summed E-state index contributed by atoms with van der Waals surface area (Å²) in [7, 11) is 1.91. The fourth-order valence-electron chi connectivity index (χ4n) is 2.61. The van der Waals surface area contributed by atoms with E-state index in [1.807, 2.05) is 7.05 Å². The maximum absolute atomic E-state index is 13.6. The minimum absolute atomic E-state index is 0.0207. The van der Waals surface area contributed by atoms with Crippen LogP contribution < -0.4 is 5.32 Å². The second-order valence-electron chi connectivity index (χ2n) is 4.48. The van der Waals surface area contributed by atoms with Crippen molar-refractivity contribution in [2.75, 3.05) is 7.05 Å². The topological polar surface area (TPSA) is 12.0 Å². The number of rotatable bonds is 2. The second kappa shape index (κ2) is 4.91. The summed E-state index contributed by atoms with van der Waals surface area (Å²) in [6.45, 7) is 0. The summed E-state index contributed by atoms with van der Waals surface area (Å²) in [5.74, 6) is -0.782. The summed E-state index contributed by atoms with van der Waals surface area (Å²) in [6.07, 6.45) is 3.84. The van der Waals surface area contributed by atoms with Gasteiger partial charge < -0.3 is 5.32 Å². The van der Waals surface area contributed by atoms with Crippen LogP contribution in [0.25, 0.3) is 0 Å². The van der Waals surface area contributed by atoms with E-state index in [1.165, 1.54) is 18.2 Å². The molecule has 1 saturated carbocycles. The van der Waals surface area contributed by atoms with Crippen LogP contribution in [0, 0.1) is 11.6 Å². The monoisotopic (exact) mass is 225 g/mol. The predicted octanol–water partition coefficient (Wildman–Crippen LogP) is 3.21. The Bertz CT molecular complexity index is 345. The van der Waals surface area contributed by atoms with Crippen molar-refractivity contribution in [3.63, 3.8) is 0 Å². The van der Waals surface area contributed by atoms with E-state index in [-0.39, 0.29) is 11.5 Å². The molecule has 0 amide bonds. The Kier molecular flexibility index (Phi) is 3.54. The van der Waals surface area contributed by atoms with E-state index in [0.717, 1.165) is 25.7 Å². The highest BCUT2D eigenvalue weighted by Gasteiger charge is 2.26. The normalized spacial score (nSPS) is 25.7. The van der Waals surface area contributed by atoms with E-state index in [1.54, 1.807) is 0 Å². The molecule has 0 aromatic heterocycles. The van der Waals surface area contributed by atoms with Gasteiger partial charge in [-0.1, -0.05) is 12.5 Å². The first kappa shape index (κ1) is 11.5. The zero-order valence-electron chi connectivity index (χ0n) is 9.47. The molecular formula is C13H17F2N. The van der Waals surface area contributed by atoms with Crippen molar-refractivity contribution in [2.24, 2.45) is 0 Å². The standard InChI is InChI=1S/C13H17F2N/c1-16-10-5-2-4-9(8-10)13-11(14)6-3-7-12(13)15/h3,6-7,9-10,16H,2,4-5,8H2,1H3. The number of halogens is 2. The van der Waals surface area contributed by atoms with E-state index < -0.39 is 11.6 Å². The summed E-state index contributed by atoms with van der Waals surface area (Å²) in [5, 5.41) is 3.20. The summed E-state index contributed by atoms with van der Waals surface area (Å²) in [4.78, 5) is 0. The highest BCUT2D eigenvalue weighted by Crippen LogP contribution is 2.35. The molecule has 2 rings (SSSR count). The van der Waals surface area contributed by atoms with Crippen molar-refractivity contribution in [3.8, 4) is 0 Å². The van der Waals surface area contributed by atoms with Gasteiger partial charge in [0, 0.05) is 11.6 Å². The first-order chi connectivity index (χ1) is 7.72. The van der Waals surface area contributed by atoms with Crippen molar-refractivity contribution in [1.82, 2.24) is 5.32 Å². The van der Waals surface area contributed by atoms with Gasteiger partial charge in [0.05, 0.1) is 0 Å². The number of nitrogens with one attached hydrogen (secondary N) is 1. The Hall–Kier alpha value is -0.960. The quantitative estimate of drug-likeness (QED) is 0.815. The van der Waals surface area contributed by atoms with Gasteiger partial charge in [-0.05, 0) is 44.4 Å². The molecule has 0 bridgehead atoms. The third-order valence-corrected chi connectivity index (χ3v) is 3.49. The SMILES string of the molecule is CNC1CCCC(c2c(F)cccc2F)C1. The molecule has 1 aromatic carbocycles. The van der Waals surface area contributed by atoms with Gasteiger partial charge in [0.2, 0.25) is 0 Å². The molecule has 16 heavy (non-hydrogen) atoms. The van der Waals surface area contributed by atoms with Gasteiger partial charge >= 0.3 is 0 Å². The van der Waals surface area contributed by atoms with E-state index in [0.29, 0.717) is 6.04 Å². The third-order valence-electron chi connectivity index (χ3n) is 3.49. The van der Waals surface area contributed by atoms with Crippen LogP contribution in [0.3, 0.4) is 0 Å². The molecule has 1 nitrogen and oxygen atoms in total. The molecule has 1 aliphatic rings. The Labute approximate surface area is 94.9 Å². The fraction of sp³-hybridized carbons (Fsp3) is 0.538. The summed E-state index contributed by atoms with van der Waals surface area (Å²) >= 11 is 0. The zero-order valence-corrected chi connectivity index (χ0v) is 9.47. The maximum Gasteiger partial charge on any atom is 0.129 e.